The summed E-state index contributed by atoms with van der Waals surface area (Å²) in [5.41, 5.74) is 0.483. The molecule has 6 nitrogen and oxygen atoms in total. The Morgan fingerprint density at radius 1 is 1.20 bits per heavy atom. The normalized spacial score (nSPS) is 14.8. The molecule has 0 spiro atoms. The number of aliphatic hydroxyl groups is 1. The zero-order valence-corrected chi connectivity index (χ0v) is 17.4. The lowest BCUT2D eigenvalue weighted by Gasteiger charge is -2.35. The van der Waals surface area contributed by atoms with Gasteiger partial charge in [0.2, 0.25) is 0 Å². The van der Waals surface area contributed by atoms with Gasteiger partial charge >= 0.3 is 0 Å². The van der Waals surface area contributed by atoms with E-state index in [9.17, 15) is 13.9 Å². The van der Waals surface area contributed by atoms with Crippen LogP contribution >= 0.6 is 11.6 Å². The summed E-state index contributed by atoms with van der Waals surface area (Å²) in [6.45, 7) is 5.36. The van der Waals surface area contributed by atoms with Crippen molar-refractivity contribution in [3.8, 4) is 0 Å². The molecule has 0 aliphatic heterocycles. The number of benzene rings is 2. The molecule has 2 aromatic heterocycles. The standard InChI is InChI=1S/C21H20ClF2N5O/c1-12-6-16-13(2)27-29(20(16)8-18(12)22)14(3)21(30,9-28-11-25-10-26-28)17-5-4-15(23)7-19(17)24/h4-8,10-11,14,30H,9H2,1-3H3/t14-,21-/m1/s1. The van der Waals surface area contributed by atoms with Crippen molar-refractivity contribution in [3.05, 3.63) is 76.5 Å². The van der Waals surface area contributed by atoms with E-state index in [0.29, 0.717) is 10.5 Å². The minimum atomic E-state index is -1.81. The Hall–Kier alpha value is -2.84. The van der Waals surface area contributed by atoms with E-state index in [2.05, 4.69) is 15.2 Å². The molecule has 9 heteroatoms. The molecule has 4 aromatic rings. The highest BCUT2D eigenvalue weighted by Crippen LogP contribution is 2.39. The number of halogens is 3. The second kappa shape index (κ2) is 7.45. The molecule has 0 radical (unpaired) electrons. The van der Waals surface area contributed by atoms with Crippen molar-refractivity contribution >= 4 is 22.5 Å². The van der Waals surface area contributed by atoms with Crippen LogP contribution in [-0.2, 0) is 12.1 Å². The topological polar surface area (TPSA) is 68.8 Å². The molecule has 4 rings (SSSR count). The van der Waals surface area contributed by atoms with Crippen LogP contribution < -0.4 is 0 Å². The molecule has 2 aromatic carbocycles. The zero-order valence-electron chi connectivity index (χ0n) is 16.6. The van der Waals surface area contributed by atoms with Gasteiger partial charge in [-0.1, -0.05) is 17.7 Å². The second-order valence-electron chi connectivity index (χ2n) is 7.47. The Bertz CT molecular complexity index is 1220. The maximum Gasteiger partial charge on any atom is 0.137 e. The molecule has 0 bridgehead atoms. The van der Waals surface area contributed by atoms with Gasteiger partial charge in [0.1, 0.15) is 29.9 Å². The van der Waals surface area contributed by atoms with Gasteiger partial charge in [-0.3, -0.25) is 4.68 Å². The maximum atomic E-state index is 14.8. The van der Waals surface area contributed by atoms with Crippen LogP contribution in [0.5, 0.6) is 0 Å². The summed E-state index contributed by atoms with van der Waals surface area (Å²) in [5.74, 6) is -1.58. The summed E-state index contributed by atoms with van der Waals surface area (Å²) < 4.78 is 31.4. The molecule has 0 aliphatic rings. The van der Waals surface area contributed by atoms with Crippen molar-refractivity contribution in [1.29, 1.82) is 0 Å². The Labute approximate surface area is 176 Å². The van der Waals surface area contributed by atoms with Crippen molar-refractivity contribution in [1.82, 2.24) is 24.5 Å². The highest BCUT2D eigenvalue weighted by molar-refractivity contribution is 6.32. The number of hydrogen-bond acceptors (Lipinski definition) is 4. The van der Waals surface area contributed by atoms with Gasteiger partial charge in [-0.05, 0) is 44.5 Å². The fourth-order valence-electron chi connectivity index (χ4n) is 3.76. The molecule has 2 atom stereocenters. The largest absolute Gasteiger partial charge is 0.381 e. The van der Waals surface area contributed by atoms with Gasteiger partial charge in [-0.15, -0.1) is 0 Å². The summed E-state index contributed by atoms with van der Waals surface area (Å²) in [5, 5.41) is 21.9. The number of rotatable bonds is 5. The lowest BCUT2D eigenvalue weighted by molar-refractivity contribution is -0.0355. The van der Waals surface area contributed by atoms with E-state index < -0.39 is 23.3 Å². The summed E-state index contributed by atoms with van der Waals surface area (Å²) in [6.07, 6.45) is 2.74. The Kier molecular flexibility index (Phi) is 5.07. The molecular weight excluding hydrogens is 412 g/mol. The number of fused-ring (bicyclic) bond motifs is 1. The van der Waals surface area contributed by atoms with E-state index in [-0.39, 0.29) is 12.1 Å². The highest BCUT2D eigenvalue weighted by atomic mass is 35.5. The zero-order chi connectivity index (χ0) is 21.6. The van der Waals surface area contributed by atoms with Crippen molar-refractivity contribution in [2.75, 3.05) is 0 Å². The Balaban J connectivity index is 1.91. The lowest BCUT2D eigenvalue weighted by Crippen LogP contribution is -2.41. The Morgan fingerprint density at radius 2 is 1.97 bits per heavy atom. The first-order valence-corrected chi connectivity index (χ1v) is 9.74. The van der Waals surface area contributed by atoms with E-state index in [4.69, 9.17) is 11.6 Å². The average Bonchev–Trinajstić information content (AvgIpc) is 3.30. The smallest absolute Gasteiger partial charge is 0.137 e. The van der Waals surface area contributed by atoms with Crippen LogP contribution in [0.3, 0.4) is 0 Å². The average molecular weight is 432 g/mol. The monoisotopic (exact) mass is 431 g/mol. The summed E-state index contributed by atoms with van der Waals surface area (Å²) in [6, 6.07) is 6.06. The lowest BCUT2D eigenvalue weighted by atomic mass is 9.86. The number of aryl methyl sites for hydroxylation is 2. The molecule has 0 saturated carbocycles. The first kappa shape index (κ1) is 20.4. The molecule has 156 valence electrons. The van der Waals surface area contributed by atoms with Crippen LogP contribution in [0.25, 0.3) is 10.9 Å². The third kappa shape index (κ3) is 3.36. The van der Waals surface area contributed by atoms with Crippen LogP contribution in [0, 0.1) is 25.5 Å². The molecule has 2 heterocycles. The molecule has 30 heavy (non-hydrogen) atoms. The number of hydrogen-bond donors (Lipinski definition) is 1. The van der Waals surface area contributed by atoms with Gasteiger partial charge in [-0.25, -0.2) is 18.4 Å². The van der Waals surface area contributed by atoms with Crippen LogP contribution in [0.1, 0.15) is 29.8 Å². The van der Waals surface area contributed by atoms with Crippen molar-refractivity contribution in [3.63, 3.8) is 0 Å². The SMILES string of the molecule is Cc1cc2c(C)nn([C@H](C)[C@](O)(Cn3cncn3)c3ccc(F)cc3F)c2cc1Cl. The van der Waals surface area contributed by atoms with Gasteiger partial charge in [0, 0.05) is 22.0 Å². The van der Waals surface area contributed by atoms with Crippen molar-refractivity contribution < 1.29 is 13.9 Å². The highest BCUT2D eigenvalue weighted by Gasteiger charge is 2.41. The fraction of sp³-hybridized carbons (Fsp3) is 0.286. The first-order chi connectivity index (χ1) is 14.2. The van der Waals surface area contributed by atoms with Crippen molar-refractivity contribution in [2.24, 2.45) is 0 Å². The van der Waals surface area contributed by atoms with E-state index in [0.717, 1.165) is 28.8 Å². The number of aromatic nitrogens is 5. The summed E-state index contributed by atoms with van der Waals surface area (Å²) in [4.78, 5) is 3.89. The van der Waals surface area contributed by atoms with Crippen LogP contribution in [-0.4, -0.2) is 29.7 Å². The molecular formula is C21H20ClF2N5O. The quantitative estimate of drug-likeness (QED) is 0.510. The predicted octanol–water partition coefficient (Wildman–Crippen LogP) is 4.33. The van der Waals surface area contributed by atoms with Crippen LogP contribution in [0.4, 0.5) is 8.78 Å². The number of nitrogens with zero attached hydrogens (tertiary/aromatic N) is 5. The van der Waals surface area contributed by atoms with E-state index in [1.165, 1.54) is 23.4 Å². The van der Waals surface area contributed by atoms with E-state index in [1.54, 1.807) is 17.7 Å². The summed E-state index contributed by atoms with van der Waals surface area (Å²) >= 11 is 6.33. The molecule has 0 aliphatic carbocycles. The Morgan fingerprint density at radius 3 is 2.63 bits per heavy atom. The van der Waals surface area contributed by atoms with Gasteiger partial charge < -0.3 is 5.11 Å². The maximum absolute atomic E-state index is 14.8. The molecule has 1 N–H and O–H groups in total. The van der Waals surface area contributed by atoms with Crippen LogP contribution in [0.15, 0.2) is 43.0 Å². The molecule has 0 unspecified atom stereocenters. The van der Waals surface area contributed by atoms with E-state index >= 15 is 0 Å². The fourth-order valence-corrected chi connectivity index (χ4v) is 3.92. The van der Waals surface area contributed by atoms with Gasteiger partial charge in [-0.2, -0.15) is 10.2 Å². The first-order valence-electron chi connectivity index (χ1n) is 9.36. The minimum Gasteiger partial charge on any atom is -0.381 e. The molecule has 0 fully saturated rings. The summed E-state index contributed by atoms with van der Waals surface area (Å²) in [7, 11) is 0. The van der Waals surface area contributed by atoms with Gasteiger partial charge in [0.25, 0.3) is 0 Å². The van der Waals surface area contributed by atoms with Gasteiger partial charge in [0.05, 0.1) is 23.8 Å². The minimum absolute atomic E-state index is 0.0635. The third-order valence-electron chi connectivity index (χ3n) is 5.50. The predicted molar refractivity (Wildman–Crippen MR) is 109 cm³/mol. The van der Waals surface area contributed by atoms with Gasteiger partial charge in [0.15, 0.2) is 0 Å². The molecule has 0 amide bonds. The second-order valence-corrected chi connectivity index (χ2v) is 7.87. The van der Waals surface area contributed by atoms with Crippen molar-refractivity contribution in [2.45, 2.75) is 39.0 Å². The molecule has 0 saturated heterocycles. The third-order valence-corrected chi connectivity index (χ3v) is 5.90. The van der Waals surface area contributed by atoms with E-state index in [1.807, 2.05) is 19.9 Å². The van der Waals surface area contributed by atoms with Crippen LogP contribution in [0.2, 0.25) is 5.02 Å².